The number of thiophene rings is 1. The first-order valence-electron chi connectivity index (χ1n) is 6.91. The summed E-state index contributed by atoms with van der Waals surface area (Å²) in [6, 6.07) is 6.10. The Kier molecular flexibility index (Phi) is 4.04. The molecule has 3 nitrogen and oxygen atoms in total. The summed E-state index contributed by atoms with van der Waals surface area (Å²) in [6.45, 7) is 9.10. The van der Waals surface area contributed by atoms with Gasteiger partial charge in [-0.25, -0.2) is 0 Å². The van der Waals surface area contributed by atoms with Crippen LogP contribution in [0.4, 0.5) is 5.69 Å². The summed E-state index contributed by atoms with van der Waals surface area (Å²) >= 11 is 1.46. The summed E-state index contributed by atoms with van der Waals surface area (Å²) in [6.07, 6.45) is 1.02. The van der Waals surface area contributed by atoms with Crippen molar-refractivity contribution in [3.8, 4) is 0 Å². The molecule has 20 heavy (non-hydrogen) atoms. The summed E-state index contributed by atoms with van der Waals surface area (Å²) in [4.78, 5) is 12.9. The molecule has 108 valence electrons. The molecule has 0 unspecified atom stereocenters. The average Bonchev–Trinajstić information content (AvgIpc) is 2.74. The topological polar surface area (TPSA) is 55.1 Å². The van der Waals surface area contributed by atoms with Crippen LogP contribution in [-0.4, -0.2) is 12.5 Å². The van der Waals surface area contributed by atoms with Crippen LogP contribution in [0.5, 0.6) is 0 Å². The Morgan fingerprint density at radius 2 is 2.10 bits per heavy atom. The number of aryl methyl sites for hydroxylation is 1. The van der Waals surface area contributed by atoms with Crippen LogP contribution in [0.15, 0.2) is 18.2 Å². The second kappa shape index (κ2) is 5.44. The second-order valence-corrected chi connectivity index (χ2v) is 7.10. The molecule has 1 aromatic heterocycles. The fourth-order valence-corrected chi connectivity index (χ4v) is 2.94. The Balaban J connectivity index is 2.25. The second-order valence-electron chi connectivity index (χ2n) is 6.04. The number of nitrogen functional groups attached to an aromatic ring is 1. The highest BCUT2D eigenvalue weighted by molar-refractivity contribution is 7.21. The van der Waals surface area contributed by atoms with Crippen molar-refractivity contribution in [2.75, 3.05) is 12.3 Å². The van der Waals surface area contributed by atoms with E-state index in [9.17, 15) is 4.79 Å². The largest absolute Gasteiger partial charge is 0.397 e. The number of amides is 1. The SMILES string of the molecule is CCC(C)(C)CNC(=O)c1sc2ccc(C)cc2c1N. The lowest BCUT2D eigenvalue weighted by Crippen LogP contribution is -2.33. The van der Waals surface area contributed by atoms with E-state index in [2.05, 4.69) is 26.1 Å². The molecule has 2 aromatic rings. The maximum Gasteiger partial charge on any atom is 0.263 e. The van der Waals surface area contributed by atoms with Crippen molar-refractivity contribution < 1.29 is 4.79 Å². The molecule has 0 saturated heterocycles. The van der Waals surface area contributed by atoms with E-state index in [1.165, 1.54) is 11.3 Å². The van der Waals surface area contributed by atoms with Crippen molar-refractivity contribution in [2.45, 2.75) is 34.1 Å². The molecule has 0 aliphatic heterocycles. The normalized spacial score (nSPS) is 11.8. The molecular formula is C16H22N2OS. The molecule has 1 aromatic carbocycles. The lowest BCUT2D eigenvalue weighted by atomic mass is 9.90. The highest BCUT2D eigenvalue weighted by atomic mass is 32.1. The van der Waals surface area contributed by atoms with E-state index in [4.69, 9.17) is 5.73 Å². The van der Waals surface area contributed by atoms with Crippen LogP contribution in [0.3, 0.4) is 0 Å². The minimum atomic E-state index is -0.0668. The number of nitrogens with one attached hydrogen (secondary N) is 1. The molecule has 0 radical (unpaired) electrons. The summed E-state index contributed by atoms with van der Waals surface area (Å²) in [5, 5.41) is 3.98. The molecule has 0 atom stereocenters. The van der Waals surface area contributed by atoms with Crippen molar-refractivity contribution in [3.05, 3.63) is 28.6 Å². The first kappa shape index (κ1) is 14.9. The van der Waals surface area contributed by atoms with Gasteiger partial charge >= 0.3 is 0 Å². The van der Waals surface area contributed by atoms with Crippen molar-refractivity contribution in [1.82, 2.24) is 5.32 Å². The zero-order valence-electron chi connectivity index (χ0n) is 12.5. The maximum atomic E-state index is 12.3. The molecule has 1 amide bonds. The van der Waals surface area contributed by atoms with Gasteiger partial charge in [0.05, 0.1) is 5.69 Å². The summed E-state index contributed by atoms with van der Waals surface area (Å²) in [5.41, 5.74) is 7.99. The number of nitrogens with two attached hydrogens (primary N) is 1. The third-order valence-corrected chi connectivity index (χ3v) is 4.96. The number of carbonyl (C=O) groups excluding carboxylic acids is 1. The van der Waals surface area contributed by atoms with Gasteiger partial charge in [0, 0.05) is 16.6 Å². The van der Waals surface area contributed by atoms with E-state index in [1.54, 1.807) is 0 Å². The van der Waals surface area contributed by atoms with Crippen LogP contribution >= 0.6 is 11.3 Å². The Bertz CT molecular complexity index is 643. The highest BCUT2D eigenvalue weighted by Gasteiger charge is 2.20. The fourth-order valence-electron chi connectivity index (χ4n) is 1.92. The molecule has 0 fully saturated rings. The Hall–Kier alpha value is -1.55. The van der Waals surface area contributed by atoms with Crippen molar-refractivity contribution in [1.29, 1.82) is 0 Å². The van der Waals surface area contributed by atoms with Gasteiger partial charge in [-0.3, -0.25) is 4.79 Å². The van der Waals surface area contributed by atoms with Gasteiger partial charge in [-0.2, -0.15) is 0 Å². The van der Waals surface area contributed by atoms with Gasteiger partial charge in [-0.05, 0) is 30.9 Å². The van der Waals surface area contributed by atoms with Crippen molar-refractivity contribution in [2.24, 2.45) is 5.41 Å². The lowest BCUT2D eigenvalue weighted by Gasteiger charge is -2.22. The monoisotopic (exact) mass is 290 g/mol. The number of anilines is 1. The smallest absolute Gasteiger partial charge is 0.263 e. The maximum absolute atomic E-state index is 12.3. The minimum Gasteiger partial charge on any atom is -0.397 e. The van der Waals surface area contributed by atoms with Gasteiger partial charge in [-0.15, -0.1) is 11.3 Å². The Labute approximate surface area is 124 Å². The van der Waals surface area contributed by atoms with E-state index in [0.29, 0.717) is 17.1 Å². The average molecular weight is 290 g/mol. The van der Waals surface area contributed by atoms with E-state index < -0.39 is 0 Å². The molecule has 0 aliphatic carbocycles. The number of carbonyl (C=O) groups is 1. The summed E-state index contributed by atoms with van der Waals surface area (Å²) in [7, 11) is 0. The first-order chi connectivity index (χ1) is 9.34. The quantitative estimate of drug-likeness (QED) is 0.895. The zero-order chi connectivity index (χ0) is 14.9. The third kappa shape index (κ3) is 2.96. The van der Waals surface area contributed by atoms with Crippen LogP contribution < -0.4 is 11.1 Å². The molecule has 0 saturated carbocycles. The van der Waals surface area contributed by atoms with Crippen LogP contribution in [0.1, 0.15) is 42.4 Å². The first-order valence-corrected chi connectivity index (χ1v) is 7.72. The predicted molar refractivity (Wildman–Crippen MR) is 87.4 cm³/mol. The fraction of sp³-hybridized carbons (Fsp3) is 0.438. The van der Waals surface area contributed by atoms with Gasteiger partial charge < -0.3 is 11.1 Å². The van der Waals surface area contributed by atoms with Gasteiger partial charge in [0.1, 0.15) is 4.88 Å². The molecule has 3 N–H and O–H groups in total. The van der Waals surface area contributed by atoms with Crippen LogP contribution in [0.2, 0.25) is 0 Å². The molecule has 2 rings (SSSR count). The molecule has 0 spiro atoms. The minimum absolute atomic E-state index is 0.0668. The van der Waals surface area contributed by atoms with E-state index in [-0.39, 0.29) is 11.3 Å². The van der Waals surface area contributed by atoms with Crippen molar-refractivity contribution >= 4 is 33.0 Å². The predicted octanol–water partition coefficient (Wildman–Crippen LogP) is 3.96. The number of benzene rings is 1. The van der Waals surface area contributed by atoms with Gasteiger partial charge in [0.15, 0.2) is 0 Å². The van der Waals surface area contributed by atoms with Gasteiger partial charge in [0.25, 0.3) is 5.91 Å². The van der Waals surface area contributed by atoms with Gasteiger partial charge in [-0.1, -0.05) is 32.4 Å². The standard InChI is InChI=1S/C16H22N2OS/c1-5-16(3,4)9-18-15(19)14-13(17)11-8-10(2)6-7-12(11)20-14/h6-8H,5,9,17H2,1-4H3,(H,18,19). The number of fused-ring (bicyclic) bond motifs is 1. The van der Waals surface area contributed by atoms with Crippen molar-refractivity contribution in [3.63, 3.8) is 0 Å². The summed E-state index contributed by atoms with van der Waals surface area (Å²) < 4.78 is 1.06. The highest BCUT2D eigenvalue weighted by Crippen LogP contribution is 2.34. The van der Waals surface area contributed by atoms with E-state index in [1.807, 2.05) is 25.1 Å². The number of hydrogen-bond acceptors (Lipinski definition) is 3. The number of rotatable bonds is 4. The van der Waals surface area contributed by atoms with Gasteiger partial charge in [0.2, 0.25) is 0 Å². The Morgan fingerprint density at radius 3 is 2.75 bits per heavy atom. The third-order valence-electron chi connectivity index (χ3n) is 3.77. The molecular weight excluding hydrogens is 268 g/mol. The summed E-state index contributed by atoms with van der Waals surface area (Å²) in [5.74, 6) is -0.0668. The number of hydrogen-bond donors (Lipinski definition) is 2. The zero-order valence-corrected chi connectivity index (χ0v) is 13.4. The molecule has 0 aliphatic rings. The lowest BCUT2D eigenvalue weighted by molar-refractivity contribution is 0.0940. The van der Waals surface area contributed by atoms with Crippen LogP contribution in [-0.2, 0) is 0 Å². The Morgan fingerprint density at radius 1 is 1.40 bits per heavy atom. The van der Waals surface area contributed by atoms with Crippen LogP contribution in [0, 0.1) is 12.3 Å². The van der Waals surface area contributed by atoms with Crippen LogP contribution in [0.25, 0.3) is 10.1 Å². The van der Waals surface area contributed by atoms with E-state index in [0.717, 1.165) is 22.1 Å². The van der Waals surface area contributed by atoms with E-state index >= 15 is 0 Å². The molecule has 1 heterocycles. The molecule has 0 bridgehead atoms. The molecule has 4 heteroatoms.